The van der Waals surface area contributed by atoms with Crippen LogP contribution in [-0.4, -0.2) is 34.8 Å². The Balaban J connectivity index is 2.94. The lowest BCUT2D eigenvalue weighted by atomic mass is 10.3. The molecule has 0 atom stereocenters. The molecule has 96 valence electrons. The number of anilines is 1. The van der Waals surface area contributed by atoms with E-state index in [1.54, 1.807) is 0 Å². The molecule has 0 aliphatic carbocycles. The second kappa shape index (κ2) is 7.06. The monoisotopic (exact) mass is 239 g/mol. The van der Waals surface area contributed by atoms with Crippen LogP contribution in [0.1, 0.15) is 31.7 Å². The number of rotatable bonds is 7. The molecule has 0 fully saturated rings. The summed E-state index contributed by atoms with van der Waals surface area (Å²) in [7, 11) is 0. The zero-order chi connectivity index (χ0) is 12.7. The van der Waals surface area contributed by atoms with Gasteiger partial charge in [0, 0.05) is 13.0 Å². The molecular formula is C12H21N3O2. The standard InChI is InChI=1S/C12H21N3O2/c1-4-6-13-11-9(3)12(17-8-7-16)15-10(5-2)14-11/h16H,4-8H2,1-3H3,(H,13,14,15). The highest BCUT2D eigenvalue weighted by molar-refractivity contribution is 5.48. The minimum absolute atomic E-state index is 0.0113. The molecule has 0 spiro atoms. The van der Waals surface area contributed by atoms with Gasteiger partial charge in [0.1, 0.15) is 18.2 Å². The summed E-state index contributed by atoms with van der Waals surface area (Å²) >= 11 is 0. The Kier molecular flexibility index (Phi) is 5.69. The van der Waals surface area contributed by atoms with Crippen molar-refractivity contribution in [3.8, 4) is 5.88 Å². The fraction of sp³-hybridized carbons (Fsp3) is 0.667. The Morgan fingerprint density at radius 1 is 1.29 bits per heavy atom. The van der Waals surface area contributed by atoms with Gasteiger partial charge in [0.2, 0.25) is 5.88 Å². The second-order valence-corrected chi connectivity index (χ2v) is 3.77. The summed E-state index contributed by atoms with van der Waals surface area (Å²) in [4.78, 5) is 8.74. The van der Waals surface area contributed by atoms with Gasteiger partial charge >= 0.3 is 0 Å². The third-order valence-electron chi connectivity index (χ3n) is 2.34. The lowest BCUT2D eigenvalue weighted by Crippen LogP contribution is -2.11. The quantitative estimate of drug-likeness (QED) is 0.755. The first-order valence-corrected chi connectivity index (χ1v) is 6.07. The first-order chi connectivity index (χ1) is 8.22. The summed E-state index contributed by atoms with van der Waals surface area (Å²) in [6, 6.07) is 0. The van der Waals surface area contributed by atoms with Gasteiger partial charge < -0.3 is 15.2 Å². The lowest BCUT2D eigenvalue weighted by Gasteiger charge is -2.13. The Morgan fingerprint density at radius 3 is 2.65 bits per heavy atom. The van der Waals surface area contributed by atoms with Crippen LogP contribution in [0, 0.1) is 6.92 Å². The van der Waals surface area contributed by atoms with Crippen molar-refractivity contribution in [2.75, 3.05) is 25.1 Å². The molecule has 0 aliphatic rings. The second-order valence-electron chi connectivity index (χ2n) is 3.77. The van der Waals surface area contributed by atoms with Gasteiger partial charge in [-0.3, -0.25) is 0 Å². The van der Waals surface area contributed by atoms with Crippen LogP contribution in [0.2, 0.25) is 0 Å². The predicted octanol–water partition coefficient (Wildman–Crippen LogP) is 1.54. The van der Waals surface area contributed by atoms with Crippen LogP contribution in [0.3, 0.4) is 0 Å². The molecule has 1 aromatic rings. The van der Waals surface area contributed by atoms with Gasteiger partial charge in [0.05, 0.1) is 12.2 Å². The van der Waals surface area contributed by atoms with E-state index in [1.165, 1.54) is 0 Å². The molecule has 17 heavy (non-hydrogen) atoms. The third kappa shape index (κ3) is 3.85. The maximum Gasteiger partial charge on any atom is 0.221 e. The maximum atomic E-state index is 8.77. The predicted molar refractivity (Wildman–Crippen MR) is 67.5 cm³/mol. The minimum Gasteiger partial charge on any atom is -0.475 e. The number of nitrogens with one attached hydrogen (secondary N) is 1. The Bertz CT molecular complexity index is 327. The van der Waals surface area contributed by atoms with Crippen molar-refractivity contribution >= 4 is 5.82 Å². The summed E-state index contributed by atoms with van der Waals surface area (Å²) in [6.07, 6.45) is 1.80. The van der Waals surface area contributed by atoms with Crippen LogP contribution in [0.5, 0.6) is 5.88 Å². The Morgan fingerprint density at radius 2 is 2.06 bits per heavy atom. The molecule has 2 N–H and O–H groups in total. The SMILES string of the molecule is CCCNc1nc(CC)nc(OCCO)c1C. The number of ether oxygens (including phenoxy) is 1. The molecule has 1 rings (SSSR count). The number of aliphatic hydroxyl groups is 1. The van der Waals surface area contributed by atoms with E-state index in [0.29, 0.717) is 5.88 Å². The fourth-order valence-corrected chi connectivity index (χ4v) is 1.40. The number of aryl methyl sites for hydroxylation is 1. The van der Waals surface area contributed by atoms with Crippen molar-refractivity contribution in [3.05, 3.63) is 11.4 Å². The largest absolute Gasteiger partial charge is 0.475 e. The van der Waals surface area contributed by atoms with Crippen molar-refractivity contribution in [1.82, 2.24) is 9.97 Å². The Labute approximate surface area is 102 Å². The van der Waals surface area contributed by atoms with Crippen molar-refractivity contribution < 1.29 is 9.84 Å². The number of nitrogens with zero attached hydrogens (tertiary/aromatic N) is 2. The molecule has 5 heteroatoms. The van der Waals surface area contributed by atoms with E-state index in [1.807, 2.05) is 13.8 Å². The summed E-state index contributed by atoms with van der Waals surface area (Å²) in [6.45, 7) is 7.15. The van der Waals surface area contributed by atoms with Crippen molar-refractivity contribution in [2.24, 2.45) is 0 Å². The molecule has 1 aromatic heterocycles. The van der Waals surface area contributed by atoms with E-state index in [-0.39, 0.29) is 13.2 Å². The van der Waals surface area contributed by atoms with Crippen LogP contribution in [-0.2, 0) is 6.42 Å². The van der Waals surface area contributed by atoms with E-state index in [9.17, 15) is 0 Å². The van der Waals surface area contributed by atoms with E-state index in [4.69, 9.17) is 9.84 Å². The Hall–Kier alpha value is -1.36. The van der Waals surface area contributed by atoms with Gasteiger partial charge in [-0.2, -0.15) is 4.98 Å². The molecule has 5 nitrogen and oxygen atoms in total. The topological polar surface area (TPSA) is 67.3 Å². The molecule has 0 radical (unpaired) electrons. The highest BCUT2D eigenvalue weighted by atomic mass is 16.5. The van der Waals surface area contributed by atoms with Gasteiger partial charge in [0.25, 0.3) is 0 Å². The third-order valence-corrected chi connectivity index (χ3v) is 2.34. The molecule has 0 unspecified atom stereocenters. The van der Waals surface area contributed by atoms with Crippen LogP contribution >= 0.6 is 0 Å². The number of hydrogen-bond acceptors (Lipinski definition) is 5. The summed E-state index contributed by atoms with van der Waals surface area (Å²) in [5.41, 5.74) is 0.893. The molecular weight excluding hydrogens is 218 g/mol. The van der Waals surface area contributed by atoms with Crippen LogP contribution in [0.15, 0.2) is 0 Å². The first kappa shape index (κ1) is 13.7. The average Bonchev–Trinajstić information content (AvgIpc) is 2.36. The zero-order valence-electron chi connectivity index (χ0n) is 10.8. The van der Waals surface area contributed by atoms with Gasteiger partial charge in [-0.15, -0.1) is 0 Å². The maximum absolute atomic E-state index is 8.77. The normalized spacial score (nSPS) is 10.4. The molecule has 0 amide bonds. The zero-order valence-corrected chi connectivity index (χ0v) is 10.8. The van der Waals surface area contributed by atoms with Crippen molar-refractivity contribution in [3.63, 3.8) is 0 Å². The molecule has 1 heterocycles. The highest BCUT2D eigenvalue weighted by Crippen LogP contribution is 2.22. The fourth-order valence-electron chi connectivity index (χ4n) is 1.40. The minimum atomic E-state index is -0.0113. The molecule has 0 aromatic carbocycles. The number of aromatic nitrogens is 2. The highest BCUT2D eigenvalue weighted by Gasteiger charge is 2.10. The van der Waals surface area contributed by atoms with Crippen molar-refractivity contribution in [2.45, 2.75) is 33.6 Å². The van der Waals surface area contributed by atoms with Crippen LogP contribution in [0.25, 0.3) is 0 Å². The molecule has 0 saturated heterocycles. The van der Waals surface area contributed by atoms with Crippen LogP contribution < -0.4 is 10.1 Å². The van der Waals surface area contributed by atoms with E-state index in [2.05, 4.69) is 22.2 Å². The van der Waals surface area contributed by atoms with Gasteiger partial charge in [-0.25, -0.2) is 4.98 Å². The van der Waals surface area contributed by atoms with Gasteiger partial charge in [-0.05, 0) is 13.3 Å². The van der Waals surface area contributed by atoms with Gasteiger partial charge in [0.15, 0.2) is 0 Å². The average molecular weight is 239 g/mol. The smallest absolute Gasteiger partial charge is 0.221 e. The number of aliphatic hydroxyl groups excluding tert-OH is 1. The summed E-state index contributed by atoms with van der Waals surface area (Å²) < 4.78 is 5.41. The molecule has 0 saturated carbocycles. The van der Waals surface area contributed by atoms with E-state index in [0.717, 1.165) is 36.6 Å². The summed E-state index contributed by atoms with van der Waals surface area (Å²) in [5, 5.41) is 12.0. The van der Waals surface area contributed by atoms with E-state index < -0.39 is 0 Å². The number of hydrogen-bond donors (Lipinski definition) is 2. The van der Waals surface area contributed by atoms with E-state index >= 15 is 0 Å². The first-order valence-electron chi connectivity index (χ1n) is 6.07. The van der Waals surface area contributed by atoms with Crippen LogP contribution in [0.4, 0.5) is 5.82 Å². The summed E-state index contributed by atoms with van der Waals surface area (Å²) in [5.74, 6) is 2.14. The molecule has 0 bridgehead atoms. The van der Waals surface area contributed by atoms with Gasteiger partial charge in [-0.1, -0.05) is 13.8 Å². The van der Waals surface area contributed by atoms with Crippen molar-refractivity contribution in [1.29, 1.82) is 0 Å². The molecule has 0 aliphatic heterocycles. The lowest BCUT2D eigenvalue weighted by molar-refractivity contribution is 0.195.